The maximum Gasteiger partial charge on any atom is 0.335 e. The molecule has 116 valence electrons. The molecule has 2 heteroatoms. The van der Waals surface area contributed by atoms with Gasteiger partial charge in [-0.25, -0.2) is 4.79 Å². The Morgan fingerprint density at radius 3 is 2.33 bits per heavy atom. The summed E-state index contributed by atoms with van der Waals surface area (Å²) < 4.78 is 5.26. The van der Waals surface area contributed by atoms with E-state index in [1.54, 1.807) is 0 Å². The Hall–Kier alpha value is -1.57. The van der Waals surface area contributed by atoms with Crippen LogP contribution in [-0.2, 0) is 11.2 Å². The molecule has 0 N–H and O–H groups in total. The molecule has 0 saturated heterocycles. The third kappa shape index (κ3) is 7.69. The van der Waals surface area contributed by atoms with Crippen molar-refractivity contribution in [3.63, 3.8) is 0 Å². The summed E-state index contributed by atoms with van der Waals surface area (Å²) in [5.74, 6) is 0.281. The highest BCUT2D eigenvalue weighted by Crippen LogP contribution is 2.21. The Kier molecular flexibility index (Phi) is 9.26. The highest BCUT2D eigenvalue weighted by atomic mass is 16.5. The van der Waals surface area contributed by atoms with E-state index in [1.807, 2.05) is 24.3 Å². The van der Waals surface area contributed by atoms with Crippen molar-refractivity contribution in [1.82, 2.24) is 0 Å². The quantitative estimate of drug-likeness (QED) is 0.234. The van der Waals surface area contributed by atoms with Crippen LogP contribution in [0.4, 0.5) is 0 Å². The third-order valence-corrected chi connectivity index (χ3v) is 3.65. The second-order valence-electron chi connectivity index (χ2n) is 5.46. The van der Waals surface area contributed by atoms with Gasteiger partial charge in [0.1, 0.15) is 5.75 Å². The SMILES string of the molecule is C=CC(=O)Oc1ccccc1CCCCCCCCCC. The Balaban J connectivity index is 2.25. The predicted octanol–water partition coefficient (Wildman–Crippen LogP) is 5.46. The molecule has 0 aliphatic heterocycles. The molecule has 21 heavy (non-hydrogen) atoms. The standard InChI is InChI=1S/C19H28O2/c1-3-5-6-7-8-9-10-11-14-17-15-12-13-16-18(17)21-19(20)4-2/h4,12-13,15-16H,2-3,5-11,14H2,1H3. The van der Waals surface area contributed by atoms with E-state index in [1.165, 1.54) is 51.0 Å². The lowest BCUT2D eigenvalue weighted by Crippen LogP contribution is -2.05. The molecule has 0 saturated carbocycles. The maximum atomic E-state index is 11.3. The van der Waals surface area contributed by atoms with Crippen molar-refractivity contribution >= 4 is 5.97 Å². The predicted molar refractivity (Wildman–Crippen MR) is 88.6 cm³/mol. The fourth-order valence-electron chi connectivity index (χ4n) is 2.41. The Labute approximate surface area is 129 Å². The number of carbonyl (C=O) groups excluding carboxylic acids is 1. The first-order valence-corrected chi connectivity index (χ1v) is 8.20. The number of ether oxygens (including phenoxy) is 1. The number of carbonyl (C=O) groups is 1. The highest BCUT2D eigenvalue weighted by molar-refractivity contribution is 5.83. The van der Waals surface area contributed by atoms with E-state index in [9.17, 15) is 4.79 Å². The van der Waals surface area contributed by atoms with Crippen LogP contribution >= 0.6 is 0 Å². The average molecular weight is 288 g/mol. The van der Waals surface area contributed by atoms with Crippen molar-refractivity contribution in [1.29, 1.82) is 0 Å². The maximum absolute atomic E-state index is 11.3. The van der Waals surface area contributed by atoms with Crippen molar-refractivity contribution in [2.75, 3.05) is 0 Å². The zero-order valence-electron chi connectivity index (χ0n) is 13.3. The van der Waals surface area contributed by atoms with Crippen LogP contribution in [0.1, 0.15) is 63.9 Å². The van der Waals surface area contributed by atoms with Crippen molar-refractivity contribution in [2.24, 2.45) is 0 Å². The number of benzene rings is 1. The fraction of sp³-hybridized carbons (Fsp3) is 0.526. The van der Waals surface area contributed by atoms with Crippen LogP contribution in [0.25, 0.3) is 0 Å². The summed E-state index contributed by atoms with van der Waals surface area (Å²) in [6, 6.07) is 7.77. The first kappa shape index (κ1) is 17.5. The van der Waals surface area contributed by atoms with E-state index < -0.39 is 5.97 Å². The minimum absolute atomic E-state index is 0.390. The van der Waals surface area contributed by atoms with Gasteiger partial charge >= 0.3 is 5.97 Å². The molecule has 0 radical (unpaired) electrons. The molecule has 0 heterocycles. The average Bonchev–Trinajstić information content (AvgIpc) is 2.51. The minimum Gasteiger partial charge on any atom is -0.423 e. The zero-order valence-corrected chi connectivity index (χ0v) is 13.3. The summed E-state index contributed by atoms with van der Waals surface area (Å²) in [4.78, 5) is 11.3. The number of aryl methyl sites for hydroxylation is 1. The van der Waals surface area contributed by atoms with Gasteiger partial charge in [-0.15, -0.1) is 0 Å². The Morgan fingerprint density at radius 1 is 1.05 bits per heavy atom. The molecule has 0 aliphatic carbocycles. The van der Waals surface area contributed by atoms with E-state index in [0.717, 1.165) is 18.4 Å². The summed E-state index contributed by atoms with van der Waals surface area (Å²) >= 11 is 0. The fourth-order valence-corrected chi connectivity index (χ4v) is 2.41. The summed E-state index contributed by atoms with van der Waals surface area (Å²) in [5.41, 5.74) is 1.11. The van der Waals surface area contributed by atoms with Gasteiger partial charge in [0, 0.05) is 6.08 Å². The van der Waals surface area contributed by atoms with Crippen LogP contribution in [0.3, 0.4) is 0 Å². The van der Waals surface area contributed by atoms with Gasteiger partial charge in [0.25, 0.3) is 0 Å². The van der Waals surface area contributed by atoms with Crippen molar-refractivity contribution in [2.45, 2.75) is 64.7 Å². The number of unbranched alkanes of at least 4 members (excludes halogenated alkanes) is 7. The van der Waals surface area contributed by atoms with Crippen LogP contribution in [0.2, 0.25) is 0 Å². The van der Waals surface area contributed by atoms with Crippen molar-refractivity contribution < 1.29 is 9.53 Å². The first-order chi connectivity index (χ1) is 10.3. The normalized spacial score (nSPS) is 10.3. The van der Waals surface area contributed by atoms with E-state index in [2.05, 4.69) is 13.5 Å². The molecule has 1 aromatic carbocycles. The summed E-state index contributed by atoms with van der Waals surface area (Å²) in [5, 5.41) is 0. The van der Waals surface area contributed by atoms with Crippen LogP contribution in [0.5, 0.6) is 5.75 Å². The number of hydrogen-bond donors (Lipinski definition) is 0. The molecule has 0 aromatic heterocycles. The molecule has 0 bridgehead atoms. The summed E-state index contributed by atoms with van der Waals surface area (Å²) in [7, 11) is 0. The second kappa shape index (κ2) is 11.1. The molecular weight excluding hydrogens is 260 g/mol. The van der Waals surface area contributed by atoms with Crippen molar-refractivity contribution in [3.05, 3.63) is 42.5 Å². The van der Waals surface area contributed by atoms with Gasteiger partial charge < -0.3 is 4.74 Å². The highest BCUT2D eigenvalue weighted by Gasteiger charge is 2.05. The summed E-state index contributed by atoms with van der Waals surface area (Å²) in [6.07, 6.45) is 12.6. The molecule has 0 fully saturated rings. The largest absolute Gasteiger partial charge is 0.423 e. The molecule has 2 nitrogen and oxygen atoms in total. The van der Waals surface area contributed by atoms with E-state index >= 15 is 0 Å². The van der Waals surface area contributed by atoms with Gasteiger partial charge in [0.05, 0.1) is 0 Å². The molecule has 0 unspecified atom stereocenters. The first-order valence-electron chi connectivity index (χ1n) is 8.20. The van der Waals surface area contributed by atoms with E-state index in [-0.39, 0.29) is 0 Å². The van der Waals surface area contributed by atoms with Gasteiger partial charge in [-0.2, -0.15) is 0 Å². The van der Waals surface area contributed by atoms with Crippen LogP contribution < -0.4 is 4.74 Å². The second-order valence-corrected chi connectivity index (χ2v) is 5.46. The minimum atomic E-state index is -0.390. The lowest BCUT2D eigenvalue weighted by Gasteiger charge is -2.08. The van der Waals surface area contributed by atoms with Crippen molar-refractivity contribution in [3.8, 4) is 5.75 Å². The number of para-hydroxylation sites is 1. The molecule has 0 spiro atoms. The van der Waals surface area contributed by atoms with Gasteiger partial charge in [-0.3, -0.25) is 0 Å². The molecule has 0 aliphatic rings. The number of rotatable bonds is 11. The van der Waals surface area contributed by atoms with Gasteiger partial charge in [-0.05, 0) is 24.5 Å². The zero-order chi connectivity index (χ0) is 15.3. The number of esters is 1. The van der Waals surface area contributed by atoms with E-state index in [4.69, 9.17) is 4.74 Å². The monoisotopic (exact) mass is 288 g/mol. The topological polar surface area (TPSA) is 26.3 Å². The van der Waals surface area contributed by atoms with Gasteiger partial charge in [0.2, 0.25) is 0 Å². The molecule has 1 rings (SSSR count). The Bertz CT molecular complexity index is 423. The molecular formula is C19H28O2. The van der Waals surface area contributed by atoms with Crippen LogP contribution in [0, 0.1) is 0 Å². The lowest BCUT2D eigenvalue weighted by molar-refractivity contribution is -0.129. The molecule has 0 atom stereocenters. The molecule has 1 aromatic rings. The van der Waals surface area contributed by atoms with Crippen LogP contribution in [0.15, 0.2) is 36.9 Å². The number of hydrogen-bond acceptors (Lipinski definition) is 2. The lowest BCUT2D eigenvalue weighted by atomic mass is 10.0. The third-order valence-electron chi connectivity index (χ3n) is 3.65. The van der Waals surface area contributed by atoms with Gasteiger partial charge in [0.15, 0.2) is 0 Å². The molecule has 0 amide bonds. The Morgan fingerprint density at radius 2 is 1.67 bits per heavy atom. The van der Waals surface area contributed by atoms with Crippen LogP contribution in [-0.4, -0.2) is 5.97 Å². The van der Waals surface area contributed by atoms with Gasteiger partial charge in [-0.1, -0.05) is 76.6 Å². The smallest absolute Gasteiger partial charge is 0.335 e. The summed E-state index contributed by atoms with van der Waals surface area (Å²) in [6.45, 7) is 5.68. The van der Waals surface area contributed by atoms with E-state index in [0.29, 0.717) is 5.75 Å².